The number of amides is 1. The lowest BCUT2D eigenvalue weighted by Crippen LogP contribution is -2.69. The van der Waals surface area contributed by atoms with Crippen molar-refractivity contribution >= 4 is 16.2 Å². The number of carbonyl (C=O) groups excluding carboxylic acids is 1. The molecule has 2 unspecified atom stereocenters. The predicted molar refractivity (Wildman–Crippen MR) is 40.7 cm³/mol. The Kier molecular flexibility index (Phi) is 2.11. The predicted octanol–water partition coefficient (Wildman–Crippen LogP) is -1.39. The van der Waals surface area contributed by atoms with Gasteiger partial charge < -0.3 is 5.32 Å². The summed E-state index contributed by atoms with van der Waals surface area (Å²) in [5, 5.41) is 2.64. The molecule has 0 aliphatic carbocycles. The van der Waals surface area contributed by atoms with Gasteiger partial charge in [-0.15, -0.1) is 0 Å². The fourth-order valence-electron chi connectivity index (χ4n) is 1.29. The molecule has 0 bridgehead atoms. The summed E-state index contributed by atoms with van der Waals surface area (Å²) < 4.78 is 30.1. The second kappa shape index (κ2) is 2.68. The lowest BCUT2D eigenvalue weighted by molar-refractivity contribution is -0.141. The van der Waals surface area contributed by atoms with Gasteiger partial charge in [-0.3, -0.25) is 9.35 Å². The van der Waals surface area contributed by atoms with Crippen LogP contribution in [0.3, 0.4) is 0 Å². The standard InChI is InChI=1S/C5H10N2O4S/c1-3-4(6-2)5(8)7(3)12(9,10)11/h3-4,6H,1-2H3,(H,9,10,11). The zero-order valence-corrected chi connectivity index (χ0v) is 7.50. The van der Waals surface area contributed by atoms with Crippen LogP contribution in [0.15, 0.2) is 0 Å². The fourth-order valence-corrected chi connectivity index (χ4v) is 2.17. The summed E-state index contributed by atoms with van der Waals surface area (Å²) in [6.45, 7) is 1.54. The number of nitrogens with zero attached hydrogens (tertiary/aromatic N) is 1. The number of rotatable bonds is 2. The van der Waals surface area contributed by atoms with Crippen molar-refractivity contribution in [1.29, 1.82) is 0 Å². The van der Waals surface area contributed by atoms with E-state index in [0.717, 1.165) is 0 Å². The topological polar surface area (TPSA) is 86.7 Å². The van der Waals surface area contributed by atoms with E-state index >= 15 is 0 Å². The molecule has 1 heterocycles. The van der Waals surface area contributed by atoms with E-state index in [1.165, 1.54) is 6.92 Å². The first-order valence-corrected chi connectivity index (χ1v) is 4.77. The molecule has 70 valence electrons. The Morgan fingerprint density at radius 1 is 1.58 bits per heavy atom. The summed E-state index contributed by atoms with van der Waals surface area (Å²) >= 11 is 0. The number of nitrogens with one attached hydrogen (secondary N) is 1. The van der Waals surface area contributed by atoms with Crippen molar-refractivity contribution in [2.45, 2.75) is 19.0 Å². The molecule has 1 aliphatic rings. The fraction of sp³-hybridized carbons (Fsp3) is 0.800. The van der Waals surface area contributed by atoms with Crippen LogP contribution in [0.25, 0.3) is 0 Å². The maximum absolute atomic E-state index is 11.0. The van der Waals surface area contributed by atoms with E-state index in [9.17, 15) is 13.2 Å². The summed E-state index contributed by atoms with van der Waals surface area (Å²) in [4.78, 5) is 11.0. The Bertz CT molecular complexity index is 299. The Balaban J connectivity index is 2.83. The average molecular weight is 194 g/mol. The van der Waals surface area contributed by atoms with Gasteiger partial charge in [-0.05, 0) is 14.0 Å². The number of β-lactam (4-membered cyclic amide) rings is 1. The molecule has 1 saturated heterocycles. The van der Waals surface area contributed by atoms with Gasteiger partial charge >= 0.3 is 10.3 Å². The van der Waals surface area contributed by atoms with Crippen LogP contribution in [0.1, 0.15) is 6.92 Å². The molecule has 2 atom stereocenters. The van der Waals surface area contributed by atoms with Gasteiger partial charge in [-0.2, -0.15) is 8.42 Å². The van der Waals surface area contributed by atoms with Gasteiger partial charge in [0.15, 0.2) is 0 Å². The van der Waals surface area contributed by atoms with Crippen LogP contribution >= 0.6 is 0 Å². The number of likely N-dealkylation sites (N-methyl/N-ethyl adjacent to an activating group) is 1. The van der Waals surface area contributed by atoms with Crippen molar-refractivity contribution in [2.75, 3.05) is 7.05 Å². The number of carbonyl (C=O) groups is 1. The Hall–Kier alpha value is -0.660. The highest BCUT2D eigenvalue weighted by atomic mass is 32.2. The monoisotopic (exact) mass is 194 g/mol. The minimum atomic E-state index is -4.36. The lowest BCUT2D eigenvalue weighted by Gasteiger charge is -2.41. The third-order valence-corrected chi connectivity index (χ3v) is 2.90. The van der Waals surface area contributed by atoms with Gasteiger partial charge in [0.25, 0.3) is 5.91 Å². The number of hydrogen-bond donors (Lipinski definition) is 2. The average Bonchev–Trinajstić information content (AvgIpc) is 1.85. The molecule has 12 heavy (non-hydrogen) atoms. The summed E-state index contributed by atoms with van der Waals surface area (Å²) in [6.07, 6.45) is 0. The van der Waals surface area contributed by atoms with E-state index < -0.39 is 28.3 Å². The van der Waals surface area contributed by atoms with Crippen molar-refractivity contribution < 1.29 is 17.8 Å². The van der Waals surface area contributed by atoms with Gasteiger partial charge in [-0.25, -0.2) is 4.31 Å². The first kappa shape index (κ1) is 9.43. The van der Waals surface area contributed by atoms with Crippen molar-refractivity contribution in [3.05, 3.63) is 0 Å². The van der Waals surface area contributed by atoms with Crippen LogP contribution in [-0.2, 0) is 15.1 Å². The van der Waals surface area contributed by atoms with Crippen LogP contribution in [0, 0.1) is 0 Å². The van der Waals surface area contributed by atoms with Gasteiger partial charge in [0.2, 0.25) is 0 Å². The first-order valence-electron chi connectivity index (χ1n) is 3.37. The number of hydrogen-bond acceptors (Lipinski definition) is 4. The van der Waals surface area contributed by atoms with Gasteiger partial charge in [0, 0.05) is 0 Å². The Morgan fingerprint density at radius 2 is 2.08 bits per heavy atom. The Morgan fingerprint density at radius 3 is 2.33 bits per heavy atom. The molecule has 2 N–H and O–H groups in total. The summed E-state index contributed by atoms with van der Waals surface area (Å²) in [6, 6.07) is -1.02. The molecule has 7 heteroatoms. The lowest BCUT2D eigenvalue weighted by atomic mass is 10.0. The summed E-state index contributed by atoms with van der Waals surface area (Å²) in [5.41, 5.74) is 0. The maximum atomic E-state index is 11.0. The van der Waals surface area contributed by atoms with E-state index in [-0.39, 0.29) is 0 Å². The smallest absolute Gasteiger partial charge is 0.307 e. The SMILES string of the molecule is CNC1C(=O)N(S(=O)(=O)O)C1C. The van der Waals surface area contributed by atoms with Crippen LogP contribution in [0.4, 0.5) is 0 Å². The van der Waals surface area contributed by atoms with Crippen LogP contribution in [-0.4, -0.2) is 42.3 Å². The molecule has 0 aromatic rings. The van der Waals surface area contributed by atoms with Gasteiger partial charge in [-0.1, -0.05) is 0 Å². The maximum Gasteiger partial charge on any atom is 0.362 e. The molecule has 0 radical (unpaired) electrons. The van der Waals surface area contributed by atoms with Crippen molar-refractivity contribution in [3.8, 4) is 0 Å². The van der Waals surface area contributed by atoms with E-state index in [1.54, 1.807) is 7.05 Å². The van der Waals surface area contributed by atoms with Crippen LogP contribution in [0.5, 0.6) is 0 Å². The zero-order valence-electron chi connectivity index (χ0n) is 6.68. The highest BCUT2D eigenvalue weighted by molar-refractivity contribution is 7.84. The van der Waals surface area contributed by atoms with Crippen LogP contribution < -0.4 is 5.32 Å². The van der Waals surface area contributed by atoms with E-state index in [4.69, 9.17) is 4.55 Å². The van der Waals surface area contributed by atoms with Crippen molar-refractivity contribution in [2.24, 2.45) is 0 Å². The molecule has 1 amide bonds. The molecule has 1 fully saturated rings. The molecular weight excluding hydrogens is 184 g/mol. The molecule has 6 nitrogen and oxygen atoms in total. The van der Waals surface area contributed by atoms with Gasteiger partial charge in [0.1, 0.15) is 6.04 Å². The molecule has 0 aromatic heterocycles. The van der Waals surface area contributed by atoms with Gasteiger partial charge in [0.05, 0.1) is 6.04 Å². The third kappa shape index (κ3) is 1.19. The molecule has 0 saturated carbocycles. The second-order valence-corrected chi connectivity index (χ2v) is 3.91. The molecule has 1 aliphatic heterocycles. The highest BCUT2D eigenvalue weighted by Crippen LogP contribution is 2.21. The highest BCUT2D eigenvalue weighted by Gasteiger charge is 2.49. The summed E-state index contributed by atoms with van der Waals surface area (Å²) in [7, 11) is -2.81. The normalized spacial score (nSPS) is 30.2. The van der Waals surface area contributed by atoms with Crippen molar-refractivity contribution in [3.63, 3.8) is 0 Å². The molecule has 0 spiro atoms. The largest absolute Gasteiger partial charge is 0.362 e. The molecular formula is C5H10N2O4S. The Labute approximate surface area is 70.4 Å². The quantitative estimate of drug-likeness (QED) is 0.417. The van der Waals surface area contributed by atoms with Crippen LogP contribution in [0.2, 0.25) is 0 Å². The second-order valence-electron chi connectivity index (χ2n) is 2.62. The third-order valence-electron chi connectivity index (χ3n) is 1.90. The van der Waals surface area contributed by atoms with E-state index in [0.29, 0.717) is 4.31 Å². The summed E-state index contributed by atoms with van der Waals surface area (Å²) in [5.74, 6) is -0.618. The van der Waals surface area contributed by atoms with E-state index in [2.05, 4.69) is 5.32 Å². The molecule has 0 aromatic carbocycles. The van der Waals surface area contributed by atoms with E-state index in [1.807, 2.05) is 0 Å². The minimum Gasteiger partial charge on any atom is -0.307 e. The molecule has 1 rings (SSSR count). The zero-order chi connectivity index (χ0) is 9.52. The van der Waals surface area contributed by atoms with Crippen molar-refractivity contribution in [1.82, 2.24) is 9.62 Å². The first-order chi connectivity index (χ1) is 5.39. The minimum absolute atomic E-state index is 0.453.